The predicted octanol–water partition coefficient (Wildman–Crippen LogP) is 9.26. The average Bonchev–Trinajstić information content (AvgIpc) is 3.62. The number of halogens is 1. The van der Waals surface area contributed by atoms with E-state index >= 15 is 4.39 Å². The molecule has 0 bridgehead atoms. The molecule has 9 aromatic rings. The molecule has 0 spiro atoms. The van der Waals surface area contributed by atoms with Gasteiger partial charge in [0.25, 0.3) is 0 Å². The number of hydrogen-bond donors (Lipinski definition) is 0. The van der Waals surface area contributed by atoms with Gasteiger partial charge in [-0.1, -0.05) is 121 Å². The molecular weight excluding hydrogens is 670 g/mol. The minimum absolute atomic E-state index is 0.560. The van der Waals surface area contributed by atoms with Crippen LogP contribution in [0.25, 0.3) is 33.2 Å². The van der Waals surface area contributed by atoms with Gasteiger partial charge in [-0.15, -0.1) is 0 Å². The standard InChI is InChI=1S/C47H32FN3OSi/c48-44(33-15-11-14-32(30-33)40-23-9-10-28-49-40)34-16-12-17-35(31-34)51-41-27-26-39-38-22-7-8-24-42(38)52-45(39)46(41)53(36-18-3-1-4-19-36,37-20-5-2-6-21-37)43-25-13-29-50-47(43)51/h1-31,44H. The number of anilines is 3. The van der Waals surface area contributed by atoms with Crippen LogP contribution in [-0.4, -0.2) is 18.0 Å². The van der Waals surface area contributed by atoms with E-state index in [4.69, 9.17) is 9.40 Å². The van der Waals surface area contributed by atoms with Crippen molar-refractivity contribution in [1.29, 1.82) is 0 Å². The molecule has 53 heavy (non-hydrogen) atoms. The van der Waals surface area contributed by atoms with Crippen molar-refractivity contribution in [2.75, 3.05) is 4.90 Å². The van der Waals surface area contributed by atoms with E-state index in [1.807, 2.05) is 91.1 Å². The molecule has 0 aliphatic carbocycles. The van der Waals surface area contributed by atoms with Crippen LogP contribution in [0, 0.1) is 0 Å². The normalized spacial score (nSPS) is 13.8. The van der Waals surface area contributed by atoms with Crippen molar-refractivity contribution in [2.24, 2.45) is 0 Å². The highest BCUT2D eigenvalue weighted by Crippen LogP contribution is 2.42. The van der Waals surface area contributed by atoms with E-state index in [0.29, 0.717) is 11.1 Å². The summed E-state index contributed by atoms with van der Waals surface area (Å²) in [6, 6.07) is 59.8. The Labute approximate surface area is 307 Å². The van der Waals surface area contributed by atoms with Gasteiger partial charge >= 0.3 is 0 Å². The molecule has 0 radical (unpaired) electrons. The lowest BCUT2D eigenvalue weighted by Crippen LogP contribution is -2.77. The van der Waals surface area contributed by atoms with E-state index in [1.54, 1.807) is 6.20 Å². The first-order valence-electron chi connectivity index (χ1n) is 17.8. The Hall–Kier alpha value is -6.63. The second kappa shape index (κ2) is 12.5. The first-order valence-corrected chi connectivity index (χ1v) is 19.8. The quantitative estimate of drug-likeness (QED) is 0.162. The molecule has 3 aromatic heterocycles. The molecule has 1 unspecified atom stereocenters. The maximum atomic E-state index is 16.7. The Morgan fingerprint density at radius 2 is 1.26 bits per heavy atom. The second-order valence-electron chi connectivity index (χ2n) is 13.4. The lowest BCUT2D eigenvalue weighted by Gasteiger charge is -2.44. The molecule has 252 valence electrons. The lowest BCUT2D eigenvalue weighted by atomic mass is 9.99. The highest BCUT2D eigenvalue weighted by atomic mass is 28.3. The van der Waals surface area contributed by atoms with Crippen LogP contribution < -0.4 is 25.6 Å². The summed E-state index contributed by atoms with van der Waals surface area (Å²) in [6.45, 7) is 0. The summed E-state index contributed by atoms with van der Waals surface area (Å²) < 4.78 is 23.7. The molecule has 1 aliphatic rings. The molecule has 0 amide bonds. The maximum Gasteiger partial charge on any atom is 0.191 e. The number of furan rings is 1. The van der Waals surface area contributed by atoms with Gasteiger partial charge in [0, 0.05) is 39.6 Å². The minimum Gasteiger partial charge on any atom is -0.456 e. The number of benzene rings is 6. The minimum atomic E-state index is -3.08. The van der Waals surface area contributed by atoms with Gasteiger partial charge in [-0.25, -0.2) is 9.37 Å². The Morgan fingerprint density at radius 3 is 2.04 bits per heavy atom. The summed E-state index contributed by atoms with van der Waals surface area (Å²) in [5, 5.41) is 6.91. The van der Waals surface area contributed by atoms with Crippen molar-refractivity contribution in [3.05, 3.63) is 199 Å². The van der Waals surface area contributed by atoms with Crippen molar-refractivity contribution >= 4 is 68.0 Å². The molecule has 6 heteroatoms. The van der Waals surface area contributed by atoms with Crippen molar-refractivity contribution in [1.82, 2.24) is 9.97 Å². The smallest absolute Gasteiger partial charge is 0.191 e. The zero-order chi connectivity index (χ0) is 35.4. The Morgan fingerprint density at radius 1 is 0.566 bits per heavy atom. The fraction of sp³-hybridized carbons (Fsp3) is 0.0213. The van der Waals surface area contributed by atoms with E-state index in [-0.39, 0.29) is 0 Å². The van der Waals surface area contributed by atoms with Gasteiger partial charge < -0.3 is 4.42 Å². The van der Waals surface area contributed by atoms with Gasteiger partial charge in [-0.2, -0.15) is 0 Å². The molecule has 6 aromatic carbocycles. The number of hydrogen-bond acceptors (Lipinski definition) is 4. The first-order chi connectivity index (χ1) is 26.2. The maximum absolute atomic E-state index is 16.7. The van der Waals surface area contributed by atoms with Crippen LogP contribution in [-0.2, 0) is 0 Å². The molecule has 0 N–H and O–H groups in total. The van der Waals surface area contributed by atoms with Crippen LogP contribution >= 0.6 is 0 Å². The summed E-state index contributed by atoms with van der Waals surface area (Å²) in [6.07, 6.45) is 2.26. The third-order valence-electron chi connectivity index (χ3n) is 10.5. The Bertz CT molecular complexity index is 2730. The van der Waals surface area contributed by atoms with E-state index < -0.39 is 14.2 Å². The summed E-state index contributed by atoms with van der Waals surface area (Å²) in [5.74, 6) is 0.833. The van der Waals surface area contributed by atoms with Crippen LogP contribution in [0.5, 0.6) is 0 Å². The van der Waals surface area contributed by atoms with Gasteiger partial charge in [-0.05, 0) is 81.3 Å². The monoisotopic (exact) mass is 701 g/mol. The highest BCUT2D eigenvalue weighted by molar-refractivity contribution is 7.22. The van der Waals surface area contributed by atoms with E-state index in [1.165, 1.54) is 10.4 Å². The van der Waals surface area contributed by atoms with E-state index in [2.05, 4.69) is 101 Å². The van der Waals surface area contributed by atoms with Crippen LogP contribution in [0.1, 0.15) is 17.3 Å². The van der Waals surface area contributed by atoms with Gasteiger partial charge in [-0.3, -0.25) is 9.88 Å². The zero-order valence-corrected chi connectivity index (χ0v) is 29.6. The summed E-state index contributed by atoms with van der Waals surface area (Å²) in [5.41, 5.74) is 6.34. The molecule has 0 fully saturated rings. The van der Waals surface area contributed by atoms with Crippen LogP contribution in [0.3, 0.4) is 0 Å². The fourth-order valence-electron chi connectivity index (χ4n) is 8.25. The number of para-hydroxylation sites is 1. The molecule has 0 saturated heterocycles. The van der Waals surface area contributed by atoms with Crippen LogP contribution in [0.4, 0.5) is 21.6 Å². The molecule has 4 nitrogen and oxygen atoms in total. The number of alkyl halides is 1. The summed E-state index contributed by atoms with van der Waals surface area (Å²) >= 11 is 0. The molecule has 10 rings (SSSR count). The third kappa shape index (κ3) is 4.87. The number of pyridine rings is 2. The lowest BCUT2D eigenvalue weighted by molar-refractivity contribution is 0.402. The van der Waals surface area contributed by atoms with Crippen molar-refractivity contribution in [3.63, 3.8) is 0 Å². The Kier molecular flexibility index (Phi) is 7.37. The van der Waals surface area contributed by atoms with Crippen molar-refractivity contribution < 1.29 is 8.81 Å². The number of rotatable bonds is 6. The fourth-order valence-corrected chi connectivity index (χ4v) is 13.4. The van der Waals surface area contributed by atoms with E-state index in [9.17, 15) is 0 Å². The average molecular weight is 702 g/mol. The van der Waals surface area contributed by atoms with E-state index in [0.717, 1.165) is 60.8 Å². The van der Waals surface area contributed by atoms with Crippen molar-refractivity contribution in [3.8, 4) is 11.3 Å². The molecular formula is C47H32FN3OSi. The highest BCUT2D eigenvalue weighted by Gasteiger charge is 2.51. The van der Waals surface area contributed by atoms with Gasteiger partial charge in [0.05, 0.1) is 11.4 Å². The number of aromatic nitrogens is 2. The summed E-state index contributed by atoms with van der Waals surface area (Å²) in [4.78, 5) is 11.8. The van der Waals surface area contributed by atoms with Crippen molar-refractivity contribution in [2.45, 2.75) is 6.17 Å². The third-order valence-corrected chi connectivity index (χ3v) is 15.3. The molecule has 0 saturated carbocycles. The molecule has 1 aliphatic heterocycles. The SMILES string of the molecule is FC(c1cccc(-c2ccccn2)c1)c1cccc(N2c3ccc4c(oc5ccccc54)c3[Si](c3ccccc3)(c3ccccc3)c3cccnc32)c1. The topological polar surface area (TPSA) is 42.2 Å². The second-order valence-corrected chi connectivity index (χ2v) is 17.1. The zero-order valence-electron chi connectivity index (χ0n) is 28.6. The first kappa shape index (κ1) is 31.1. The van der Waals surface area contributed by atoms with Gasteiger partial charge in [0.2, 0.25) is 0 Å². The predicted molar refractivity (Wildman–Crippen MR) is 216 cm³/mol. The van der Waals surface area contributed by atoms with Gasteiger partial charge in [0.15, 0.2) is 14.2 Å². The number of fused-ring (bicyclic) bond motifs is 6. The Balaban J connectivity index is 1.23. The van der Waals surface area contributed by atoms with Gasteiger partial charge in [0.1, 0.15) is 17.0 Å². The molecule has 4 heterocycles. The van der Waals surface area contributed by atoms with Crippen LogP contribution in [0.15, 0.2) is 193 Å². The number of nitrogens with zero attached hydrogens (tertiary/aromatic N) is 3. The summed E-state index contributed by atoms with van der Waals surface area (Å²) in [7, 11) is -3.08. The molecule has 1 atom stereocenters. The van der Waals surface area contributed by atoms with Crippen LogP contribution in [0.2, 0.25) is 0 Å². The largest absolute Gasteiger partial charge is 0.456 e.